The van der Waals surface area contributed by atoms with Gasteiger partial charge in [0.15, 0.2) is 5.76 Å². The Morgan fingerprint density at radius 2 is 2.11 bits per heavy atom. The number of fused-ring (bicyclic) bond motifs is 1. The van der Waals surface area contributed by atoms with Gasteiger partial charge in [0.25, 0.3) is 0 Å². The molecular weight excluding hydrogens is 238 g/mol. The number of hydrogen-bond acceptors (Lipinski definition) is 4. The molecule has 0 fully saturated rings. The van der Waals surface area contributed by atoms with Crippen LogP contribution in [0.1, 0.15) is 12.5 Å². The summed E-state index contributed by atoms with van der Waals surface area (Å²) >= 11 is 0. The number of para-hydroxylation sites is 1. The number of nitrogens with zero attached hydrogens (tertiary/aromatic N) is 2. The number of rotatable bonds is 3. The van der Waals surface area contributed by atoms with Gasteiger partial charge in [-0.1, -0.05) is 18.2 Å². The first kappa shape index (κ1) is 11.7. The molecule has 4 nitrogen and oxygen atoms in total. The maximum Gasteiger partial charge on any atom is 0.154 e. The number of benzene rings is 1. The van der Waals surface area contributed by atoms with Crippen LogP contribution in [-0.4, -0.2) is 16.5 Å². The van der Waals surface area contributed by atoms with Crippen molar-refractivity contribution in [3.63, 3.8) is 0 Å². The summed E-state index contributed by atoms with van der Waals surface area (Å²) in [5, 5.41) is 4.27. The maximum absolute atomic E-state index is 5.90. The monoisotopic (exact) mass is 253 g/mol. The molecule has 3 aromatic rings. The zero-order chi connectivity index (χ0) is 13.2. The van der Waals surface area contributed by atoms with Crippen LogP contribution in [0, 0.1) is 6.92 Å². The lowest BCUT2D eigenvalue weighted by Crippen LogP contribution is -1.99. The molecule has 3 rings (SSSR count). The third kappa shape index (κ3) is 2.17. The molecule has 96 valence electrons. The molecule has 0 aliphatic rings. The lowest BCUT2D eigenvalue weighted by Gasteiger charge is -2.02. The zero-order valence-corrected chi connectivity index (χ0v) is 11.0. The van der Waals surface area contributed by atoms with Gasteiger partial charge in [-0.25, -0.2) is 9.97 Å². The molecule has 0 aliphatic heterocycles. The molecule has 4 heteroatoms. The van der Waals surface area contributed by atoms with Gasteiger partial charge >= 0.3 is 0 Å². The summed E-state index contributed by atoms with van der Waals surface area (Å²) in [6, 6.07) is 10.0. The van der Waals surface area contributed by atoms with Crippen molar-refractivity contribution in [2.75, 3.05) is 11.9 Å². The number of aromatic nitrogens is 2. The highest BCUT2D eigenvalue weighted by Crippen LogP contribution is 2.29. The van der Waals surface area contributed by atoms with Crippen molar-refractivity contribution in [2.45, 2.75) is 13.8 Å². The Hall–Kier alpha value is -2.36. The van der Waals surface area contributed by atoms with Crippen LogP contribution in [0.25, 0.3) is 22.4 Å². The SMILES string of the molecule is CCNc1cc(-c2cc3cccc(C)c3o2)ncn1. The van der Waals surface area contributed by atoms with E-state index < -0.39 is 0 Å². The zero-order valence-electron chi connectivity index (χ0n) is 11.0. The van der Waals surface area contributed by atoms with Crippen LogP contribution in [0.5, 0.6) is 0 Å². The van der Waals surface area contributed by atoms with Gasteiger partial charge in [-0.05, 0) is 25.5 Å². The lowest BCUT2D eigenvalue weighted by molar-refractivity contribution is 0.626. The Morgan fingerprint density at radius 3 is 2.89 bits per heavy atom. The topological polar surface area (TPSA) is 51.0 Å². The van der Waals surface area contributed by atoms with Crippen LogP contribution in [0.2, 0.25) is 0 Å². The van der Waals surface area contributed by atoms with Gasteiger partial charge in [-0.2, -0.15) is 0 Å². The molecule has 0 radical (unpaired) electrons. The van der Waals surface area contributed by atoms with Gasteiger partial charge in [0.05, 0.1) is 0 Å². The van der Waals surface area contributed by atoms with Crippen LogP contribution in [0.3, 0.4) is 0 Å². The van der Waals surface area contributed by atoms with Crippen molar-refractivity contribution in [1.82, 2.24) is 9.97 Å². The first-order valence-corrected chi connectivity index (χ1v) is 6.33. The number of hydrogen-bond donors (Lipinski definition) is 1. The molecule has 19 heavy (non-hydrogen) atoms. The Bertz CT molecular complexity index is 718. The van der Waals surface area contributed by atoms with E-state index in [4.69, 9.17) is 4.42 Å². The van der Waals surface area contributed by atoms with Crippen LogP contribution < -0.4 is 5.32 Å². The van der Waals surface area contributed by atoms with E-state index in [1.165, 1.54) is 0 Å². The summed E-state index contributed by atoms with van der Waals surface area (Å²) in [7, 11) is 0. The minimum Gasteiger partial charge on any atom is -0.454 e. The molecular formula is C15H15N3O. The van der Waals surface area contributed by atoms with E-state index >= 15 is 0 Å². The third-order valence-electron chi connectivity index (χ3n) is 3.02. The smallest absolute Gasteiger partial charge is 0.154 e. The summed E-state index contributed by atoms with van der Waals surface area (Å²) in [6.45, 7) is 4.90. The Morgan fingerprint density at radius 1 is 1.21 bits per heavy atom. The lowest BCUT2D eigenvalue weighted by atomic mass is 10.2. The molecule has 0 spiro atoms. The standard InChI is InChI=1S/C15H15N3O/c1-3-16-14-8-12(17-9-18-14)13-7-11-6-4-5-10(2)15(11)19-13/h4-9H,3H2,1-2H3,(H,16,17,18). The number of furan rings is 1. The fourth-order valence-corrected chi connectivity index (χ4v) is 2.10. The fraction of sp³-hybridized carbons (Fsp3) is 0.200. The molecule has 0 unspecified atom stereocenters. The van der Waals surface area contributed by atoms with Gasteiger partial charge in [0, 0.05) is 18.0 Å². The molecule has 0 aliphatic carbocycles. The number of aryl methyl sites for hydroxylation is 1. The normalized spacial score (nSPS) is 10.8. The average molecular weight is 253 g/mol. The first-order chi connectivity index (χ1) is 9.28. The first-order valence-electron chi connectivity index (χ1n) is 6.33. The molecule has 0 amide bonds. The van der Waals surface area contributed by atoms with Gasteiger partial charge in [0.2, 0.25) is 0 Å². The number of anilines is 1. The van der Waals surface area contributed by atoms with Crippen LogP contribution in [-0.2, 0) is 0 Å². The minimum atomic E-state index is 0.769. The quantitative estimate of drug-likeness (QED) is 0.774. The summed E-state index contributed by atoms with van der Waals surface area (Å²) in [5.41, 5.74) is 2.84. The molecule has 2 heterocycles. The van der Waals surface area contributed by atoms with E-state index in [0.717, 1.165) is 40.3 Å². The molecule has 0 bridgehead atoms. The van der Waals surface area contributed by atoms with E-state index in [1.807, 2.05) is 44.2 Å². The largest absolute Gasteiger partial charge is 0.454 e. The summed E-state index contributed by atoms with van der Waals surface area (Å²) in [5.74, 6) is 1.58. The van der Waals surface area contributed by atoms with Crippen LogP contribution >= 0.6 is 0 Å². The van der Waals surface area contributed by atoms with Gasteiger partial charge in [-0.3, -0.25) is 0 Å². The van der Waals surface area contributed by atoms with Gasteiger partial charge < -0.3 is 9.73 Å². The van der Waals surface area contributed by atoms with E-state index in [2.05, 4.69) is 15.3 Å². The Kier molecular flexibility index (Phi) is 2.91. The molecule has 0 saturated heterocycles. The highest BCUT2D eigenvalue weighted by Gasteiger charge is 2.09. The Balaban J connectivity index is 2.08. The number of nitrogens with one attached hydrogen (secondary N) is 1. The maximum atomic E-state index is 5.90. The highest BCUT2D eigenvalue weighted by molar-refractivity contribution is 5.84. The van der Waals surface area contributed by atoms with Crippen molar-refractivity contribution >= 4 is 16.8 Å². The molecule has 0 atom stereocenters. The van der Waals surface area contributed by atoms with E-state index in [9.17, 15) is 0 Å². The van der Waals surface area contributed by atoms with Crippen LogP contribution in [0.4, 0.5) is 5.82 Å². The second-order valence-electron chi connectivity index (χ2n) is 4.42. The third-order valence-corrected chi connectivity index (χ3v) is 3.02. The van der Waals surface area contributed by atoms with Crippen LogP contribution in [0.15, 0.2) is 41.1 Å². The molecule has 1 aromatic carbocycles. The van der Waals surface area contributed by atoms with Crippen molar-refractivity contribution in [3.05, 3.63) is 42.2 Å². The summed E-state index contributed by atoms with van der Waals surface area (Å²) in [6.07, 6.45) is 1.55. The fourth-order valence-electron chi connectivity index (χ4n) is 2.10. The highest BCUT2D eigenvalue weighted by atomic mass is 16.3. The predicted molar refractivity (Wildman–Crippen MR) is 76.1 cm³/mol. The van der Waals surface area contributed by atoms with Gasteiger partial charge in [0.1, 0.15) is 23.4 Å². The summed E-state index contributed by atoms with van der Waals surface area (Å²) < 4.78 is 5.90. The molecule has 1 N–H and O–H groups in total. The molecule has 2 aromatic heterocycles. The average Bonchev–Trinajstić information content (AvgIpc) is 2.85. The minimum absolute atomic E-state index is 0.769. The predicted octanol–water partition coefficient (Wildman–Crippen LogP) is 3.63. The van der Waals surface area contributed by atoms with Crippen molar-refractivity contribution < 1.29 is 4.42 Å². The second-order valence-corrected chi connectivity index (χ2v) is 4.42. The van der Waals surface area contributed by atoms with Crippen molar-refractivity contribution in [1.29, 1.82) is 0 Å². The summed E-state index contributed by atoms with van der Waals surface area (Å²) in [4.78, 5) is 8.43. The van der Waals surface area contributed by atoms with E-state index in [1.54, 1.807) is 6.33 Å². The van der Waals surface area contributed by atoms with Crippen molar-refractivity contribution in [3.8, 4) is 11.5 Å². The second kappa shape index (κ2) is 4.72. The van der Waals surface area contributed by atoms with Gasteiger partial charge in [-0.15, -0.1) is 0 Å². The van der Waals surface area contributed by atoms with Crippen molar-refractivity contribution in [2.24, 2.45) is 0 Å². The molecule has 0 saturated carbocycles. The van der Waals surface area contributed by atoms with E-state index in [-0.39, 0.29) is 0 Å². The van der Waals surface area contributed by atoms with E-state index in [0.29, 0.717) is 0 Å². The Labute approximate surface area is 111 Å².